The zero-order valence-corrected chi connectivity index (χ0v) is 26.4. The number of phenolic OH excluding ortho intramolecular Hbond substituents is 1. The first-order valence-corrected chi connectivity index (χ1v) is 17.2. The molecular formula is C32H40N2O8S2. The van der Waals surface area contributed by atoms with E-state index >= 15 is 0 Å². The molecule has 2 atom stereocenters. The number of aromatic hydroxyl groups is 1. The van der Waals surface area contributed by atoms with Crippen LogP contribution >= 0.6 is 11.8 Å². The molecule has 238 valence electrons. The summed E-state index contributed by atoms with van der Waals surface area (Å²) in [7, 11) is -3.59. The van der Waals surface area contributed by atoms with E-state index in [1.165, 1.54) is 23.9 Å². The third-order valence-electron chi connectivity index (χ3n) is 6.56. The summed E-state index contributed by atoms with van der Waals surface area (Å²) in [6.07, 6.45) is 4.47. The van der Waals surface area contributed by atoms with Gasteiger partial charge in [-0.05, 0) is 91.1 Å². The fraction of sp³-hybridized carbons (Fsp3) is 0.375. The van der Waals surface area contributed by atoms with Crippen LogP contribution in [0, 0.1) is 0 Å². The van der Waals surface area contributed by atoms with Crippen molar-refractivity contribution in [3.63, 3.8) is 0 Å². The van der Waals surface area contributed by atoms with E-state index in [-0.39, 0.29) is 11.5 Å². The second kappa shape index (κ2) is 17.6. The van der Waals surface area contributed by atoms with E-state index in [4.69, 9.17) is 25.1 Å². The van der Waals surface area contributed by atoms with E-state index in [9.17, 15) is 23.1 Å². The normalized spacial score (nSPS) is 12.7. The quantitative estimate of drug-likeness (QED) is 0.0798. The van der Waals surface area contributed by atoms with Gasteiger partial charge in [-0.1, -0.05) is 42.8 Å². The first kappa shape index (κ1) is 34.9. The van der Waals surface area contributed by atoms with Crippen molar-refractivity contribution in [3.8, 4) is 17.2 Å². The summed E-state index contributed by atoms with van der Waals surface area (Å²) in [6.45, 7) is 0.909. The van der Waals surface area contributed by atoms with E-state index in [1.54, 1.807) is 24.3 Å². The molecule has 0 fully saturated rings. The molecule has 44 heavy (non-hydrogen) atoms. The second-order valence-corrected chi connectivity index (χ2v) is 13.2. The van der Waals surface area contributed by atoms with Gasteiger partial charge in [0, 0.05) is 6.42 Å². The van der Waals surface area contributed by atoms with Crippen molar-refractivity contribution < 1.29 is 36.8 Å². The predicted octanol–water partition coefficient (Wildman–Crippen LogP) is 3.77. The third-order valence-corrected chi connectivity index (χ3v) is 8.25. The van der Waals surface area contributed by atoms with E-state index in [0.29, 0.717) is 56.8 Å². The number of hydrogen-bond acceptors (Lipinski definition) is 11. The molecule has 0 aliphatic carbocycles. The molecule has 0 heterocycles. The molecule has 0 aromatic heterocycles. The number of aryl methyl sites for hydroxylation is 1. The molecule has 3 rings (SSSR count). The maximum absolute atomic E-state index is 13.1. The Balaban J connectivity index is 1.55. The Bertz CT molecular complexity index is 1430. The Kier molecular flexibility index (Phi) is 14.0. The molecule has 0 bridgehead atoms. The van der Waals surface area contributed by atoms with Gasteiger partial charge in [-0.3, -0.25) is 4.79 Å². The molecule has 5 N–H and O–H groups in total. The molecule has 0 radical (unpaired) electrons. The van der Waals surface area contributed by atoms with E-state index in [2.05, 4.69) is 0 Å². The number of benzene rings is 3. The monoisotopic (exact) mass is 644 g/mol. The average Bonchev–Trinajstić information content (AvgIpc) is 2.98. The number of esters is 2. The molecule has 3 aromatic rings. The number of phenols is 1. The highest BCUT2D eigenvalue weighted by Gasteiger charge is 2.26. The summed E-state index contributed by atoms with van der Waals surface area (Å²) in [5.74, 6) is 0.245. The Morgan fingerprint density at radius 2 is 1.43 bits per heavy atom. The Morgan fingerprint density at radius 3 is 2.07 bits per heavy atom. The van der Waals surface area contributed by atoms with Gasteiger partial charge in [-0.2, -0.15) is 8.42 Å². The largest absolute Gasteiger partial charge is 0.508 e. The van der Waals surface area contributed by atoms with Crippen LogP contribution in [-0.2, 0) is 43.7 Å². The lowest BCUT2D eigenvalue weighted by molar-refractivity contribution is -0.160. The molecule has 0 aliphatic rings. The van der Waals surface area contributed by atoms with Crippen LogP contribution in [0.4, 0.5) is 0 Å². The maximum Gasteiger partial charge on any atom is 0.330 e. The number of rotatable bonds is 18. The minimum absolute atomic E-state index is 0.190. The van der Waals surface area contributed by atoms with Gasteiger partial charge in [-0.25, -0.2) is 4.79 Å². The molecule has 3 aromatic carbocycles. The van der Waals surface area contributed by atoms with Crippen molar-refractivity contribution in [3.05, 3.63) is 89.5 Å². The summed E-state index contributed by atoms with van der Waals surface area (Å²) in [6, 6.07) is 20.2. The fourth-order valence-corrected chi connectivity index (χ4v) is 5.76. The van der Waals surface area contributed by atoms with Crippen LogP contribution in [-0.4, -0.2) is 61.9 Å². The molecule has 12 heteroatoms. The molecule has 0 aliphatic heterocycles. The molecule has 1 unspecified atom stereocenters. The summed E-state index contributed by atoms with van der Waals surface area (Å²) >= 11 is 1.41. The lowest BCUT2D eigenvalue weighted by atomic mass is 10.1. The van der Waals surface area contributed by atoms with Crippen LogP contribution in [0.5, 0.6) is 17.2 Å². The van der Waals surface area contributed by atoms with Gasteiger partial charge >= 0.3 is 22.1 Å². The van der Waals surface area contributed by atoms with Crippen LogP contribution < -0.4 is 20.4 Å². The Morgan fingerprint density at radius 1 is 0.841 bits per heavy atom. The maximum atomic E-state index is 13.1. The number of unbranched alkanes of at least 4 members (excludes halogenated alkanes) is 1. The highest BCUT2D eigenvalue weighted by Crippen LogP contribution is 2.22. The zero-order valence-electron chi connectivity index (χ0n) is 24.7. The van der Waals surface area contributed by atoms with Crippen molar-refractivity contribution >= 4 is 33.8 Å². The first-order valence-electron chi connectivity index (χ1n) is 14.3. The van der Waals surface area contributed by atoms with Gasteiger partial charge in [0.05, 0.1) is 12.9 Å². The minimum Gasteiger partial charge on any atom is -0.508 e. The van der Waals surface area contributed by atoms with Crippen molar-refractivity contribution in [2.24, 2.45) is 11.5 Å². The molecular weight excluding hydrogens is 604 g/mol. The number of carbonyl (C=O) groups is 2. The lowest BCUT2D eigenvalue weighted by Gasteiger charge is -2.17. The fourth-order valence-electron chi connectivity index (χ4n) is 4.17. The summed E-state index contributed by atoms with van der Waals surface area (Å²) < 4.78 is 38.3. The molecule has 0 spiro atoms. The van der Waals surface area contributed by atoms with E-state index in [1.807, 2.05) is 36.4 Å². The predicted molar refractivity (Wildman–Crippen MR) is 171 cm³/mol. The Labute approximate surface area is 263 Å². The van der Waals surface area contributed by atoms with Gasteiger partial charge in [-0.15, -0.1) is 11.8 Å². The highest BCUT2D eigenvalue weighted by molar-refractivity contribution is 8.00. The minimum atomic E-state index is -3.59. The smallest absolute Gasteiger partial charge is 0.330 e. The van der Waals surface area contributed by atoms with Crippen LogP contribution in [0.1, 0.15) is 36.0 Å². The van der Waals surface area contributed by atoms with Gasteiger partial charge in [0.15, 0.2) is 0 Å². The lowest BCUT2D eigenvalue weighted by Crippen LogP contribution is -2.36. The molecule has 10 nitrogen and oxygen atoms in total. The third kappa shape index (κ3) is 13.0. The van der Waals surface area contributed by atoms with Crippen LogP contribution in [0.3, 0.4) is 0 Å². The number of ether oxygens (including phenoxy) is 2. The van der Waals surface area contributed by atoms with Crippen LogP contribution in [0.2, 0.25) is 0 Å². The molecule has 0 saturated carbocycles. The molecule has 0 saturated heterocycles. The van der Waals surface area contributed by atoms with Crippen molar-refractivity contribution in [1.29, 1.82) is 0 Å². The first-order chi connectivity index (χ1) is 21.0. The van der Waals surface area contributed by atoms with Gasteiger partial charge in [0.1, 0.15) is 28.5 Å². The molecule has 0 amide bonds. The van der Waals surface area contributed by atoms with Crippen molar-refractivity contribution in [2.45, 2.75) is 49.8 Å². The van der Waals surface area contributed by atoms with E-state index < -0.39 is 33.3 Å². The number of thioether (sulfide) groups is 1. The Hall–Kier alpha value is -3.58. The number of carbonyl (C=O) groups excluding carboxylic acids is 2. The van der Waals surface area contributed by atoms with Gasteiger partial charge in [0.2, 0.25) is 0 Å². The standard InChI is InChI=1S/C32H40N2O8S2/c1-44(38,39)42-28-15-13-27(14-16-28)40-20-17-23-5-7-25(8-6-23)22-30(43-21-18-24-9-11-26(35)12-10-24)32(37)41-31(36)29(34)4-2-3-19-33/h5-16,29-30,35H,2-4,17-22,33-34H2,1H3/t29-,30?/m0/s1. The van der Waals surface area contributed by atoms with Gasteiger partial charge < -0.3 is 30.2 Å². The van der Waals surface area contributed by atoms with Crippen molar-refractivity contribution in [1.82, 2.24) is 0 Å². The van der Waals surface area contributed by atoms with E-state index in [0.717, 1.165) is 29.4 Å². The van der Waals surface area contributed by atoms with Crippen LogP contribution in [0.25, 0.3) is 0 Å². The summed E-state index contributed by atoms with van der Waals surface area (Å²) in [4.78, 5) is 25.6. The highest BCUT2D eigenvalue weighted by atomic mass is 32.2. The van der Waals surface area contributed by atoms with Crippen LogP contribution in [0.15, 0.2) is 72.8 Å². The van der Waals surface area contributed by atoms with Gasteiger partial charge in [0.25, 0.3) is 0 Å². The summed E-state index contributed by atoms with van der Waals surface area (Å²) in [5, 5.41) is 8.91. The SMILES string of the molecule is CS(=O)(=O)Oc1ccc(OCCc2ccc(CC(SCCc3ccc(O)cc3)C(=O)OC(=O)[C@@H](N)CCCCN)cc2)cc1. The zero-order chi connectivity index (χ0) is 32.0. The average molecular weight is 645 g/mol. The topological polar surface area (TPSA) is 168 Å². The van der Waals surface area contributed by atoms with Crippen molar-refractivity contribution in [2.75, 3.05) is 25.2 Å². The second-order valence-electron chi connectivity index (χ2n) is 10.3. The number of hydrogen-bond donors (Lipinski definition) is 3. The summed E-state index contributed by atoms with van der Waals surface area (Å²) in [5.41, 5.74) is 14.4. The number of nitrogens with two attached hydrogens (primary N) is 2.